The van der Waals surface area contributed by atoms with Gasteiger partial charge in [0.2, 0.25) is 5.91 Å². The number of hydrogen-bond acceptors (Lipinski definition) is 6. The first-order valence-electron chi connectivity index (χ1n) is 10.8. The van der Waals surface area contributed by atoms with Crippen molar-refractivity contribution in [2.75, 3.05) is 0 Å². The quantitative estimate of drug-likeness (QED) is 0.394. The highest BCUT2D eigenvalue weighted by molar-refractivity contribution is 5.73. The Morgan fingerprint density at radius 2 is 1.77 bits per heavy atom. The fourth-order valence-electron chi connectivity index (χ4n) is 3.24. The zero-order valence-corrected chi connectivity index (χ0v) is 19.2. The van der Waals surface area contributed by atoms with Gasteiger partial charge in [-0.1, -0.05) is 25.1 Å². The first-order valence-corrected chi connectivity index (χ1v) is 10.8. The zero-order chi connectivity index (χ0) is 25.5. The molecule has 0 aliphatic heterocycles. The molecule has 1 heterocycles. The highest BCUT2D eigenvalue weighted by Crippen LogP contribution is 2.32. The van der Waals surface area contributed by atoms with E-state index in [1.807, 2.05) is 30.3 Å². The smallest absolute Gasteiger partial charge is 0.344 e. The van der Waals surface area contributed by atoms with Gasteiger partial charge in [0.25, 0.3) is 11.8 Å². The number of amides is 1. The molecule has 0 spiro atoms. The summed E-state index contributed by atoms with van der Waals surface area (Å²) in [4.78, 5) is 26.4. The summed E-state index contributed by atoms with van der Waals surface area (Å²) >= 11 is 0. The molecule has 3 rings (SSSR count). The average Bonchev–Trinajstić information content (AvgIpc) is 2.83. The second-order valence-electron chi connectivity index (χ2n) is 7.70. The van der Waals surface area contributed by atoms with Gasteiger partial charge in [-0.2, -0.15) is 4.98 Å². The van der Waals surface area contributed by atoms with Crippen molar-refractivity contribution in [3.05, 3.63) is 71.3 Å². The molecule has 0 aliphatic rings. The number of ether oxygens (including phenoxy) is 2. The molecule has 0 bridgehead atoms. The second kappa shape index (κ2) is 11.4. The number of hydrogen-bond donors (Lipinski definition) is 3. The topological polar surface area (TPSA) is 124 Å². The molecule has 4 N–H and O–H groups in total. The molecule has 35 heavy (non-hydrogen) atoms. The van der Waals surface area contributed by atoms with Crippen LogP contribution in [0, 0.1) is 11.6 Å². The summed E-state index contributed by atoms with van der Waals surface area (Å²) in [6.45, 7) is 3.44. The standard InChI is InChI=1S/C25H25F2N3O5/c1-3-22(25(32)33)35-24-21(27)11-20(26)23(30-24)34-19-9-16(13-29-14(2)31)8-18(10-19)17-6-4-5-15(7-17)12-28/h4-11,22H,3,12-13,28H2,1-2H3,(H,29,31)(H,32,33)/t22-/m1/s1. The number of carbonyl (C=O) groups excluding carboxylic acids is 1. The van der Waals surface area contributed by atoms with Crippen LogP contribution in [0.2, 0.25) is 0 Å². The van der Waals surface area contributed by atoms with Crippen LogP contribution in [0.3, 0.4) is 0 Å². The van der Waals surface area contributed by atoms with Crippen LogP contribution in [0.1, 0.15) is 31.4 Å². The van der Waals surface area contributed by atoms with Gasteiger partial charge in [0.15, 0.2) is 17.7 Å². The van der Waals surface area contributed by atoms with Crippen LogP contribution in [-0.2, 0) is 22.7 Å². The summed E-state index contributed by atoms with van der Waals surface area (Å²) in [5.74, 6) is -4.93. The van der Waals surface area contributed by atoms with Gasteiger partial charge >= 0.3 is 5.97 Å². The first-order chi connectivity index (χ1) is 16.7. The van der Waals surface area contributed by atoms with E-state index >= 15 is 0 Å². The Labute approximate surface area is 200 Å². The number of nitrogens with two attached hydrogens (primary N) is 1. The molecule has 1 aromatic heterocycles. The molecular weight excluding hydrogens is 460 g/mol. The van der Waals surface area contributed by atoms with Crippen molar-refractivity contribution in [2.45, 2.75) is 39.5 Å². The van der Waals surface area contributed by atoms with Gasteiger partial charge < -0.3 is 25.6 Å². The fourth-order valence-corrected chi connectivity index (χ4v) is 3.24. The largest absolute Gasteiger partial charge is 0.479 e. The highest BCUT2D eigenvalue weighted by Gasteiger charge is 2.22. The lowest BCUT2D eigenvalue weighted by Gasteiger charge is -2.15. The Bertz CT molecular complexity index is 1240. The minimum absolute atomic E-state index is 0.0421. The predicted molar refractivity (Wildman–Crippen MR) is 124 cm³/mol. The van der Waals surface area contributed by atoms with Crippen molar-refractivity contribution in [1.82, 2.24) is 10.3 Å². The van der Waals surface area contributed by atoms with Crippen LogP contribution in [0.15, 0.2) is 48.5 Å². The van der Waals surface area contributed by atoms with Crippen molar-refractivity contribution in [1.29, 1.82) is 0 Å². The maximum Gasteiger partial charge on any atom is 0.344 e. The fraction of sp³-hybridized carbons (Fsp3) is 0.240. The van der Waals surface area contributed by atoms with Gasteiger partial charge in [-0.05, 0) is 52.9 Å². The minimum atomic E-state index is -1.36. The Kier molecular flexibility index (Phi) is 8.32. The van der Waals surface area contributed by atoms with Crippen LogP contribution < -0.4 is 20.5 Å². The van der Waals surface area contributed by atoms with Crippen LogP contribution in [0.4, 0.5) is 8.78 Å². The van der Waals surface area contributed by atoms with E-state index in [0.29, 0.717) is 23.7 Å². The Morgan fingerprint density at radius 3 is 2.43 bits per heavy atom. The number of aromatic nitrogens is 1. The maximum atomic E-state index is 14.5. The van der Waals surface area contributed by atoms with Gasteiger partial charge in [-0.3, -0.25) is 4.79 Å². The number of pyridine rings is 1. The average molecular weight is 485 g/mol. The summed E-state index contributed by atoms with van der Waals surface area (Å²) in [6.07, 6.45) is -1.32. The molecule has 0 saturated heterocycles. The van der Waals surface area contributed by atoms with E-state index in [1.165, 1.54) is 6.92 Å². The normalized spacial score (nSPS) is 11.6. The number of benzene rings is 2. The van der Waals surface area contributed by atoms with Crippen molar-refractivity contribution >= 4 is 11.9 Å². The summed E-state index contributed by atoms with van der Waals surface area (Å²) < 4.78 is 39.4. The van der Waals surface area contributed by atoms with Crippen molar-refractivity contribution < 1.29 is 33.0 Å². The molecule has 1 atom stereocenters. The van der Waals surface area contributed by atoms with Crippen LogP contribution in [0.25, 0.3) is 11.1 Å². The lowest BCUT2D eigenvalue weighted by Crippen LogP contribution is -2.26. The van der Waals surface area contributed by atoms with Gasteiger partial charge in [0.05, 0.1) is 0 Å². The summed E-state index contributed by atoms with van der Waals surface area (Å²) in [7, 11) is 0. The number of aliphatic carboxylic acids is 1. The Hall–Kier alpha value is -4.05. The van der Waals surface area contributed by atoms with E-state index < -0.39 is 35.5 Å². The van der Waals surface area contributed by atoms with E-state index in [4.69, 9.17) is 20.3 Å². The predicted octanol–water partition coefficient (Wildman–Crippen LogP) is 4.16. The third kappa shape index (κ3) is 6.73. The van der Waals surface area contributed by atoms with E-state index in [2.05, 4.69) is 10.3 Å². The van der Waals surface area contributed by atoms with Gasteiger partial charge in [-0.25, -0.2) is 13.6 Å². The van der Waals surface area contributed by atoms with E-state index in [-0.39, 0.29) is 24.6 Å². The number of carbonyl (C=O) groups is 2. The number of rotatable bonds is 10. The summed E-state index contributed by atoms with van der Waals surface area (Å²) in [6, 6.07) is 13.0. The number of nitrogens with one attached hydrogen (secondary N) is 1. The molecule has 184 valence electrons. The molecule has 8 nitrogen and oxygen atoms in total. The molecule has 0 unspecified atom stereocenters. The van der Waals surface area contributed by atoms with Crippen molar-refractivity contribution in [3.8, 4) is 28.6 Å². The monoisotopic (exact) mass is 485 g/mol. The summed E-state index contributed by atoms with van der Waals surface area (Å²) in [5, 5.41) is 11.9. The molecule has 2 aromatic carbocycles. The molecule has 10 heteroatoms. The SMILES string of the molecule is CC[C@@H](Oc1nc(Oc2cc(CNC(C)=O)cc(-c3cccc(CN)c3)c2)c(F)cc1F)C(=O)O. The second-order valence-corrected chi connectivity index (χ2v) is 7.70. The highest BCUT2D eigenvalue weighted by atomic mass is 19.1. The number of halogens is 2. The van der Waals surface area contributed by atoms with Gasteiger partial charge in [0.1, 0.15) is 5.75 Å². The maximum absolute atomic E-state index is 14.5. The van der Waals surface area contributed by atoms with Crippen LogP contribution in [0.5, 0.6) is 17.5 Å². The third-order valence-corrected chi connectivity index (χ3v) is 4.98. The lowest BCUT2D eigenvalue weighted by molar-refractivity contribution is -0.145. The van der Waals surface area contributed by atoms with Crippen LogP contribution >= 0.6 is 0 Å². The van der Waals surface area contributed by atoms with Crippen LogP contribution in [-0.4, -0.2) is 28.1 Å². The molecular formula is C25H25F2N3O5. The first kappa shape index (κ1) is 25.6. The van der Waals surface area contributed by atoms with E-state index in [9.17, 15) is 18.4 Å². The molecule has 0 fully saturated rings. The third-order valence-electron chi connectivity index (χ3n) is 4.98. The zero-order valence-electron chi connectivity index (χ0n) is 19.2. The molecule has 0 saturated carbocycles. The molecule has 3 aromatic rings. The van der Waals surface area contributed by atoms with E-state index in [1.54, 1.807) is 19.1 Å². The number of nitrogens with zero attached hydrogens (tertiary/aromatic N) is 1. The summed E-state index contributed by atoms with van der Waals surface area (Å²) in [5.41, 5.74) is 8.81. The van der Waals surface area contributed by atoms with Gasteiger partial charge in [-0.15, -0.1) is 0 Å². The van der Waals surface area contributed by atoms with Gasteiger partial charge in [0, 0.05) is 26.1 Å². The minimum Gasteiger partial charge on any atom is -0.479 e. The van der Waals surface area contributed by atoms with E-state index in [0.717, 1.165) is 11.1 Å². The van der Waals surface area contributed by atoms with Crippen molar-refractivity contribution in [2.24, 2.45) is 5.73 Å². The van der Waals surface area contributed by atoms with Crippen molar-refractivity contribution in [3.63, 3.8) is 0 Å². The Balaban J connectivity index is 2.00. The molecule has 0 radical (unpaired) electrons. The number of carboxylic acids is 1. The molecule has 0 aliphatic carbocycles. The lowest BCUT2D eigenvalue weighted by atomic mass is 10.0. The Morgan fingerprint density at radius 1 is 1.06 bits per heavy atom. The number of carboxylic acid groups (broad SMARTS) is 1. The molecule has 1 amide bonds.